The van der Waals surface area contributed by atoms with Crippen LogP contribution in [-0.4, -0.2) is 22.6 Å². The fraction of sp³-hybridized carbons (Fsp3) is 0.100. The first-order chi connectivity index (χ1) is 8.04. The maximum absolute atomic E-state index is 11.2. The van der Waals surface area contributed by atoms with Crippen LogP contribution in [0.25, 0.3) is 0 Å². The second kappa shape index (κ2) is 5.50. The molecule has 0 spiro atoms. The third-order valence-corrected chi connectivity index (χ3v) is 1.85. The summed E-state index contributed by atoms with van der Waals surface area (Å²) in [6.45, 7) is 3.70. The highest BCUT2D eigenvalue weighted by Crippen LogP contribution is 2.27. The summed E-state index contributed by atoms with van der Waals surface area (Å²) in [5, 5.41) is 24.6. The van der Waals surface area contributed by atoms with E-state index in [0.717, 1.165) is 6.07 Å². The fourth-order valence-electron chi connectivity index (χ4n) is 1.07. The highest BCUT2D eigenvalue weighted by molar-refractivity contribution is 5.91. The lowest BCUT2D eigenvalue weighted by molar-refractivity contribution is -0.384. The number of phenolic OH excluding ortho intramolecular Hbond substituents is 1. The molecule has 0 aliphatic heterocycles. The Kier molecular flexibility index (Phi) is 4.04. The zero-order valence-electron chi connectivity index (χ0n) is 8.84. The molecule has 3 N–H and O–H groups in total. The predicted octanol–water partition coefficient (Wildman–Crippen LogP) is 1.61. The Hall–Kier alpha value is -2.57. The number of nitrogens with zero attached hydrogens (tertiary/aromatic N) is 1. The monoisotopic (exact) mass is 237 g/mol. The first kappa shape index (κ1) is 12.5. The lowest BCUT2D eigenvalue weighted by atomic mass is 10.2. The van der Waals surface area contributed by atoms with Crippen LogP contribution >= 0.6 is 0 Å². The number of carbonyl (C=O) groups is 1. The van der Waals surface area contributed by atoms with Gasteiger partial charge < -0.3 is 15.7 Å². The predicted molar refractivity (Wildman–Crippen MR) is 62.0 cm³/mol. The molecular weight excluding hydrogens is 226 g/mol. The van der Waals surface area contributed by atoms with Gasteiger partial charge in [0.2, 0.25) is 0 Å². The molecule has 0 saturated heterocycles. The van der Waals surface area contributed by atoms with E-state index in [2.05, 4.69) is 17.2 Å². The molecule has 2 amide bonds. The molecule has 7 heteroatoms. The average molecular weight is 237 g/mol. The number of hydrogen-bond acceptors (Lipinski definition) is 4. The maximum Gasteiger partial charge on any atom is 0.319 e. The second-order valence-corrected chi connectivity index (χ2v) is 3.08. The maximum atomic E-state index is 11.2. The van der Waals surface area contributed by atoms with Crippen molar-refractivity contribution in [1.29, 1.82) is 0 Å². The van der Waals surface area contributed by atoms with Gasteiger partial charge in [-0.05, 0) is 6.07 Å². The largest absolute Gasteiger partial charge is 0.506 e. The number of carbonyl (C=O) groups excluding carboxylic acids is 1. The number of rotatable bonds is 4. The molecule has 1 aromatic rings. The number of nitro groups is 1. The Morgan fingerprint density at radius 1 is 1.59 bits per heavy atom. The summed E-state index contributed by atoms with van der Waals surface area (Å²) in [4.78, 5) is 21.0. The highest BCUT2D eigenvalue weighted by Gasteiger charge is 2.11. The van der Waals surface area contributed by atoms with Crippen LogP contribution in [0.15, 0.2) is 30.9 Å². The van der Waals surface area contributed by atoms with E-state index in [-0.39, 0.29) is 23.7 Å². The lowest BCUT2D eigenvalue weighted by Crippen LogP contribution is -2.28. The summed E-state index contributed by atoms with van der Waals surface area (Å²) in [6.07, 6.45) is 1.50. The molecule has 0 fully saturated rings. The number of phenols is 1. The van der Waals surface area contributed by atoms with Crippen molar-refractivity contribution in [3.63, 3.8) is 0 Å². The van der Waals surface area contributed by atoms with Gasteiger partial charge in [-0.25, -0.2) is 4.79 Å². The molecule has 0 aliphatic carbocycles. The fourth-order valence-corrected chi connectivity index (χ4v) is 1.07. The quantitative estimate of drug-likeness (QED) is 0.320. The Bertz CT molecular complexity index is 459. The summed E-state index contributed by atoms with van der Waals surface area (Å²) in [5.41, 5.74) is -0.156. The second-order valence-electron chi connectivity index (χ2n) is 3.08. The van der Waals surface area contributed by atoms with E-state index in [1.807, 2.05) is 0 Å². The van der Waals surface area contributed by atoms with Crippen molar-refractivity contribution < 1.29 is 14.8 Å². The number of amides is 2. The van der Waals surface area contributed by atoms with Gasteiger partial charge in [-0.1, -0.05) is 6.08 Å². The number of nitro benzene ring substituents is 1. The molecule has 1 aromatic carbocycles. The zero-order valence-corrected chi connectivity index (χ0v) is 8.84. The average Bonchev–Trinajstić information content (AvgIpc) is 2.28. The molecule has 1 rings (SSSR count). The van der Waals surface area contributed by atoms with Crippen LogP contribution in [0.1, 0.15) is 0 Å². The van der Waals surface area contributed by atoms with Crippen LogP contribution in [0.5, 0.6) is 5.75 Å². The third kappa shape index (κ3) is 3.49. The summed E-state index contributed by atoms with van der Waals surface area (Å²) in [5.74, 6) is -0.368. The molecule has 0 aliphatic rings. The van der Waals surface area contributed by atoms with E-state index in [9.17, 15) is 20.0 Å². The van der Waals surface area contributed by atoms with E-state index in [4.69, 9.17) is 0 Å². The van der Waals surface area contributed by atoms with Crippen molar-refractivity contribution in [2.45, 2.75) is 0 Å². The number of hydrogen-bond donors (Lipinski definition) is 3. The van der Waals surface area contributed by atoms with Crippen LogP contribution in [0, 0.1) is 10.1 Å². The van der Waals surface area contributed by atoms with E-state index >= 15 is 0 Å². The smallest absolute Gasteiger partial charge is 0.319 e. The van der Waals surface area contributed by atoms with Gasteiger partial charge >= 0.3 is 6.03 Å². The molecule has 0 unspecified atom stereocenters. The van der Waals surface area contributed by atoms with Crippen molar-refractivity contribution in [3.05, 3.63) is 41.0 Å². The summed E-state index contributed by atoms with van der Waals surface area (Å²) in [6, 6.07) is 2.86. The van der Waals surface area contributed by atoms with Crippen LogP contribution in [0.2, 0.25) is 0 Å². The van der Waals surface area contributed by atoms with Crippen molar-refractivity contribution in [2.24, 2.45) is 0 Å². The molecule has 0 aromatic heterocycles. The Labute approximate surface area is 96.9 Å². The van der Waals surface area contributed by atoms with Crippen molar-refractivity contribution in [1.82, 2.24) is 5.32 Å². The number of anilines is 1. The minimum absolute atomic E-state index is 0.0946. The van der Waals surface area contributed by atoms with Gasteiger partial charge in [-0.15, -0.1) is 6.58 Å². The van der Waals surface area contributed by atoms with E-state index in [1.165, 1.54) is 18.2 Å². The van der Waals surface area contributed by atoms with Gasteiger partial charge in [0.25, 0.3) is 5.69 Å². The van der Waals surface area contributed by atoms with Crippen molar-refractivity contribution >= 4 is 17.4 Å². The molecule has 0 heterocycles. The Morgan fingerprint density at radius 2 is 2.29 bits per heavy atom. The normalized spacial score (nSPS) is 9.41. The van der Waals surface area contributed by atoms with Crippen molar-refractivity contribution in [2.75, 3.05) is 11.9 Å². The minimum Gasteiger partial charge on any atom is -0.506 e. The van der Waals surface area contributed by atoms with Gasteiger partial charge in [0.15, 0.2) is 0 Å². The van der Waals surface area contributed by atoms with Crippen LogP contribution in [0.3, 0.4) is 0 Å². The number of non-ortho nitro benzene ring substituents is 1. The van der Waals surface area contributed by atoms with Crippen molar-refractivity contribution in [3.8, 4) is 5.75 Å². The van der Waals surface area contributed by atoms with Crippen LogP contribution in [-0.2, 0) is 0 Å². The summed E-state index contributed by atoms with van der Waals surface area (Å²) >= 11 is 0. The van der Waals surface area contributed by atoms with Crippen LogP contribution < -0.4 is 10.6 Å². The first-order valence-electron chi connectivity index (χ1n) is 4.67. The third-order valence-electron chi connectivity index (χ3n) is 1.85. The Balaban J connectivity index is 2.75. The lowest BCUT2D eigenvalue weighted by Gasteiger charge is -2.07. The molecule has 0 atom stereocenters. The van der Waals surface area contributed by atoms with Gasteiger partial charge in [-0.2, -0.15) is 0 Å². The molecule has 7 nitrogen and oxygen atoms in total. The van der Waals surface area contributed by atoms with E-state index in [0.29, 0.717) is 0 Å². The standard InChI is InChI=1S/C10H11N3O4/c1-2-5-11-10(15)12-8-4-3-7(13(16)17)6-9(8)14/h2-4,6,14H,1,5H2,(H2,11,12,15). The minimum atomic E-state index is -0.638. The van der Waals surface area contributed by atoms with Gasteiger partial charge in [-0.3, -0.25) is 10.1 Å². The highest BCUT2D eigenvalue weighted by atomic mass is 16.6. The molecule has 90 valence electrons. The number of nitrogens with one attached hydrogen (secondary N) is 2. The number of aromatic hydroxyl groups is 1. The van der Waals surface area contributed by atoms with Gasteiger partial charge in [0, 0.05) is 12.6 Å². The molecule has 0 bridgehead atoms. The van der Waals surface area contributed by atoms with Crippen LogP contribution in [0.4, 0.5) is 16.2 Å². The summed E-state index contributed by atoms with van der Waals surface area (Å²) < 4.78 is 0. The topological polar surface area (TPSA) is 104 Å². The zero-order chi connectivity index (χ0) is 12.8. The van der Waals surface area contributed by atoms with E-state index in [1.54, 1.807) is 0 Å². The van der Waals surface area contributed by atoms with E-state index < -0.39 is 11.0 Å². The number of benzene rings is 1. The molecule has 0 radical (unpaired) electrons. The first-order valence-corrected chi connectivity index (χ1v) is 4.67. The number of urea groups is 1. The molecule has 0 saturated carbocycles. The molecule has 17 heavy (non-hydrogen) atoms. The SMILES string of the molecule is C=CCNC(=O)Nc1ccc([N+](=O)[O-])cc1O. The summed E-state index contributed by atoms with van der Waals surface area (Å²) in [7, 11) is 0. The van der Waals surface area contributed by atoms with Gasteiger partial charge in [0.05, 0.1) is 16.7 Å². The van der Waals surface area contributed by atoms with Gasteiger partial charge in [0.1, 0.15) is 5.75 Å². The Morgan fingerprint density at radius 3 is 2.82 bits per heavy atom. The molecular formula is C10H11N3O4.